The van der Waals surface area contributed by atoms with Crippen LogP contribution in [0.3, 0.4) is 0 Å². The van der Waals surface area contributed by atoms with E-state index in [1.54, 1.807) is 29.1 Å². The summed E-state index contributed by atoms with van der Waals surface area (Å²) in [4.78, 5) is 28.4. The normalized spacial score (nSPS) is 22.6. The lowest BCUT2D eigenvalue weighted by Gasteiger charge is -2.31. The number of carbonyl (C=O) groups excluding carboxylic acids is 1. The second-order valence-corrected chi connectivity index (χ2v) is 7.66. The average molecular weight is 383 g/mol. The lowest BCUT2D eigenvalue weighted by molar-refractivity contribution is -0.133. The molecule has 0 radical (unpaired) electrons. The number of rotatable bonds is 4. The summed E-state index contributed by atoms with van der Waals surface area (Å²) in [5.41, 5.74) is 0.992. The minimum Gasteiger partial charge on any atom is -0.508 e. The summed E-state index contributed by atoms with van der Waals surface area (Å²) in [6.07, 6.45) is 3.30. The summed E-state index contributed by atoms with van der Waals surface area (Å²) in [5, 5.41) is 9.74. The van der Waals surface area contributed by atoms with Gasteiger partial charge in [0.15, 0.2) is 5.43 Å². The molecule has 3 heterocycles. The lowest BCUT2D eigenvalue weighted by atomic mass is 10.1. The topological polar surface area (TPSA) is 75.0 Å². The second-order valence-electron chi connectivity index (χ2n) is 7.66. The van der Waals surface area contributed by atoms with Gasteiger partial charge in [0.25, 0.3) is 0 Å². The maximum atomic E-state index is 12.9. The highest BCUT2D eigenvalue weighted by Gasteiger charge is 2.35. The van der Waals surface area contributed by atoms with E-state index < -0.39 is 0 Å². The zero-order valence-corrected chi connectivity index (χ0v) is 15.7. The first-order valence-electron chi connectivity index (χ1n) is 9.60. The number of benzene rings is 1. The molecule has 7 nitrogen and oxygen atoms in total. The SMILES string of the molecule is O=C(Cn1ccc(=O)cc1)N1C[C@@H]2COC[C@H](C1)N(Cc1cccc(O)c1)C2. The Morgan fingerprint density at radius 3 is 2.71 bits per heavy atom. The molecule has 28 heavy (non-hydrogen) atoms. The molecule has 2 aliphatic heterocycles. The molecule has 0 aliphatic carbocycles. The second kappa shape index (κ2) is 8.16. The molecule has 2 atom stereocenters. The Bertz CT molecular complexity index is 877. The highest BCUT2D eigenvalue weighted by molar-refractivity contribution is 5.76. The van der Waals surface area contributed by atoms with Crippen molar-refractivity contribution in [1.82, 2.24) is 14.4 Å². The van der Waals surface area contributed by atoms with Gasteiger partial charge in [0.05, 0.1) is 19.3 Å². The number of fused-ring (bicyclic) bond motifs is 3. The number of amides is 1. The van der Waals surface area contributed by atoms with Crippen molar-refractivity contribution in [3.05, 3.63) is 64.6 Å². The van der Waals surface area contributed by atoms with E-state index in [0.717, 1.165) is 18.7 Å². The van der Waals surface area contributed by atoms with Crippen LogP contribution in [0.15, 0.2) is 53.6 Å². The van der Waals surface area contributed by atoms with E-state index in [2.05, 4.69) is 4.90 Å². The number of carbonyl (C=O) groups is 1. The number of pyridine rings is 1. The molecule has 0 saturated carbocycles. The van der Waals surface area contributed by atoms with Crippen molar-refractivity contribution in [1.29, 1.82) is 0 Å². The Kier molecular flexibility index (Phi) is 5.45. The summed E-state index contributed by atoms with van der Waals surface area (Å²) < 4.78 is 7.59. The van der Waals surface area contributed by atoms with Gasteiger partial charge in [-0.1, -0.05) is 12.1 Å². The molecule has 2 fully saturated rings. The molecule has 2 aliphatic rings. The molecule has 7 heteroatoms. The van der Waals surface area contributed by atoms with Crippen molar-refractivity contribution < 1.29 is 14.6 Å². The van der Waals surface area contributed by atoms with E-state index in [-0.39, 0.29) is 35.6 Å². The first-order valence-corrected chi connectivity index (χ1v) is 9.60. The van der Waals surface area contributed by atoms with Crippen molar-refractivity contribution >= 4 is 5.91 Å². The van der Waals surface area contributed by atoms with Gasteiger partial charge >= 0.3 is 0 Å². The molecule has 4 rings (SSSR count). The molecule has 1 N–H and O–H groups in total. The van der Waals surface area contributed by atoms with E-state index in [0.29, 0.717) is 26.3 Å². The van der Waals surface area contributed by atoms with Gasteiger partial charge in [-0.15, -0.1) is 0 Å². The van der Waals surface area contributed by atoms with E-state index in [9.17, 15) is 14.7 Å². The monoisotopic (exact) mass is 383 g/mol. The number of nitrogens with zero attached hydrogens (tertiary/aromatic N) is 3. The predicted octanol–water partition coefficient (Wildman–Crippen LogP) is 0.913. The van der Waals surface area contributed by atoms with Crippen LogP contribution in [0, 0.1) is 5.92 Å². The Hall–Kier alpha value is -2.64. The standard InChI is InChI=1S/C21H25N3O4/c25-19-4-6-22(7-5-19)13-21(27)24-11-17-10-23(18(12-24)15-28-14-17)9-16-2-1-3-20(26)8-16/h1-8,17-18,26H,9-15H2/t17-,18+/m1/s1. The van der Waals surface area contributed by atoms with Crippen LogP contribution in [0.2, 0.25) is 0 Å². The highest BCUT2D eigenvalue weighted by atomic mass is 16.5. The number of phenolic OH excluding ortho intramolecular Hbond substituents is 1. The quantitative estimate of drug-likeness (QED) is 0.850. The first-order chi connectivity index (χ1) is 13.6. The van der Waals surface area contributed by atoms with Crippen molar-refractivity contribution in [2.75, 3.05) is 32.8 Å². The lowest BCUT2D eigenvalue weighted by Crippen LogP contribution is -2.46. The minimum absolute atomic E-state index is 0.0553. The van der Waals surface area contributed by atoms with Crippen molar-refractivity contribution in [2.45, 2.75) is 19.1 Å². The molecular formula is C21H25N3O4. The van der Waals surface area contributed by atoms with Gasteiger partial charge in [0.1, 0.15) is 12.3 Å². The van der Waals surface area contributed by atoms with Gasteiger partial charge < -0.3 is 19.3 Å². The third-order valence-corrected chi connectivity index (χ3v) is 5.41. The molecule has 0 spiro atoms. The Morgan fingerprint density at radius 2 is 1.93 bits per heavy atom. The van der Waals surface area contributed by atoms with E-state index in [1.165, 1.54) is 12.1 Å². The molecular weight excluding hydrogens is 358 g/mol. The smallest absolute Gasteiger partial charge is 0.242 e. The van der Waals surface area contributed by atoms with Gasteiger partial charge in [-0.25, -0.2) is 0 Å². The molecule has 0 unspecified atom stereocenters. The summed E-state index contributed by atoms with van der Waals surface area (Å²) in [5.74, 6) is 0.576. The van der Waals surface area contributed by atoms with Crippen LogP contribution in [-0.4, -0.2) is 64.3 Å². The van der Waals surface area contributed by atoms with Crippen LogP contribution in [-0.2, 0) is 22.6 Å². The summed E-state index contributed by atoms with van der Waals surface area (Å²) in [7, 11) is 0. The van der Waals surface area contributed by atoms with Crippen molar-refractivity contribution in [2.24, 2.45) is 5.92 Å². The van der Waals surface area contributed by atoms with Crippen LogP contribution < -0.4 is 5.43 Å². The van der Waals surface area contributed by atoms with Crippen LogP contribution >= 0.6 is 0 Å². The first kappa shape index (κ1) is 18.7. The molecule has 1 aromatic carbocycles. The van der Waals surface area contributed by atoms with Gasteiger partial charge in [-0.05, 0) is 17.7 Å². The minimum atomic E-state index is -0.0623. The zero-order chi connectivity index (χ0) is 19.5. The maximum absolute atomic E-state index is 12.9. The largest absolute Gasteiger partial charge is 0.508 e. The number of hydrogen-bond acceptors (Lipinski definition) is 5. The average Bonchev–Trinajstić information content (AvgIpc) is 2.93. The molecule has 1 amide bonds. The fourth-order valence-electron chi connectivity index (χ4n) is 4.02. The van der Waals surface area contributed by atoms with Crippen LogP contribution in [0.5, 0.6) is 5.75 Å². The van der Waals surface area contributed by atoms with E-state index in [4.69, 9.17) is 4.74 Å². The van der Waals surface area contributed by atoms with Crippen LogP contribution in [0.25, 0.3) is 0 Å². The predicted molar refractivity (Wildman–Crippen MR) is 104 cm³/mol. The third kappa shape index (κ3) is 4.43. The van der Waals surface area contributed by atoms with Crippen molar-refractivity contribution in [3.8, 4) is 5.75 Å². The highest BCUT2D eigenvalue weighted by Crippen LogP contribution is 2.23. The van der Waals surface area contributed by atoms with Gasteiger partial charge in [-0.2, -0.15) is 0 Å². The summed E-state index contributed by atoms with van der Waals surface area (Å²) >= 11 is 0. The number of aromatic nitrogens is 1. The number of aromatic hydroxyl groups is 1. The molecule has 2 bridgehead atoms. The van der Waals surface area contributed by atoms with E-state index in [1.807, 2.05) is 17.0 Å². The van der Waals surface area contributed by atoms with Crippen molar-refractivity contribution in [3.63, 3.8) is 0 Å². The van der Waals surface area contributed by atoms with Gasteiger partial charge in [-0.3, -0.25) is 14.5 Å². The third-order valence-electron chi connectivity index (χ3n) is 5.41. The van der Waals surface area contributed by atoms with Gasteiger partial charge in [0, 0.05) is 56.6 Å². The zero-order valence-electron chi connectivity index (χ0n) is 15.7. The number of ether oxygens (including phenoxy) is 1. The molecule has 2 aromatic rings. The Balaban J connectivity index is 1.46. The Labute approximate surface area is 163 Å². The fourth-order valence-corrected chi connectivity index (χ4v) is 4.02. The maximum Gasteiger partial charge on any atom is 0.242 e. The molecule has 1 aromatic heterocycles. The van der Waals surface area contributed by atoms with Gasteiger partial charge in [0.2, 0.25) is 5.91 Å². The molecule has 148 valence electrons. The summed E-state index contributed by atoms with van der Waals surface area (Å²) in [6.45, 7) is 4.35. The van der Waals surface area contributed by atoms with E-state index >= 15 is 0 Å². The fraction of sp³-hybridized carbons (Fsp3) is 0.429. The van der Waals surface area contributed by atoms with Crippen LogP contribution in [0.4, 0.5) is 0 Å². The molecule has 2 saturated heterocycles. The Morgan fingerprint density at radius 1 is 1.11 bits per heavy atom. The van der Waals surface area contributed by atoms with Crippen LogP contribution in [0.1, 0.15) is 5.56 Å². The number of phenols is 1. The summed E-state index contributed by atoms with van der Waals surface area (Å²) in [6, 6.07) is 10.4. The number of hydrogen-bond donors (Lipinski definition) is 1.